The number of phenolic OH excluding ortho intramolecular Hbond substituents is 2. The SMILES string of the molecule is Cc1sc2c(c1C)C(c1ccc(Cl)cc1)=N[C@@H](CC(=O)N(C)[C@H](C)c1ccc(CN3CCN(Cc4ccc(-n5c(-c6cc(C(C)C)c(O)cc6O)n[nH]c5=O)cc4)CC3)cc1)c1nnc(C)n1-2.O=C(O)C(F)(F)F. The van der Waals surface area contributed by atoms with Crippen LogP contribution in [0.2, 0.25) is 5.02 Å². The second kappa shape index (κ2) is 21.8. The number of alkyl halides is 3. The van der Waals surface area contributed by atoms with Crippen molar-refractivity contribution in [2.24, 2.45) is 4.99 Å². The molecule has 9 rings (SSSR count). The van der Waals surface area contributed by atoms with Gasteiger partial charge in [0.2, 0.25) is 5.91 Å². The fourth-order valence-electron chi connectivity index (χ4n) is 9.11. The number of aryl methyl sites for hydroxylation is 2. The van der Waals surface area contributed by atoms with Gasteiger partial charge < -0.3 is 20.2 Å². The van der Waals surface area contributed by atoms with Gasteiger partial charge in [0.1, 0.15) is 28.4 Å². The first-order chi connectivity index (χ1) is 35.1. The number of aromatic nitrogens is 6. The summed E-state index contributed by atoms with van der Waals surface area (Å²) in [5.41, 5.74) is 8.57. The zero-order chi connectivity index (χ0) is 53.3. The Balaban J connectivity index is 0.000000972. The topological polar surface area (TPSA) is 198 Å². The minimum atomic E-state index is -5.08. The lowest BCUT2D eigenvalue weighted by molar-refractivity contribution is -0.192. The van der Waals surface area contributed by atoms with Crippen LogP contribution in [-0.2, 0) is 22.7 Å². The predicted octanol–water partition coefficient (Wildman–Crippen LogP) is 9.44. The highest BCUT2D eigenvalue weighted by atomic mass is 35.5. The summed E-state index contributed by atoms with van der Waals surface area (Å²) in [6.07, 6.45) is -4.95. The van der Waals surface area contributed by atoms with E-state index in [0.29, 0.717) is 27.7 Å². The Bertz CT molecular complexity index is 3270. The van der Waals surface area contributed by atoms with E-state index >= 15 is 0 Å². The van der Waals surface area contributed by atoms with Crippen LogP contribution >= 0.6 is 22.9 Å². The Hall–Kier alpha value is -7.13. The van der Waals surface area contributed by atoms with Crippen LogP contribution in [0.15, 0.2) is 94.7 Å². The zero-order valence-electron chi connectivity index (χ0n) is 41.8. The van der Waals surface area contributed by atoms with Crippen LogP contribution in [0.5, 0.6) is 11.5 Å². The molecule has 16 nitrogen and oxygen atoms in total. The molecule has 0 unspecified atom stereocenters. The van der Waals surface area contributed by atoms with Gasteiger partial charge in [0.05, 0.1) is 29.4 Å². The van der Waals surface area contributed by atoms with Crippen LogP contribution < -0.4 is 5.69 Å². The van der Waals surface area contributed by atoms with Crippen molar-refractivity contribution in [1.82, 2.24) is 44.2 Å². The van der Waals surface area contributed by atoms with Crippen molar-refractivity contribution in [2.45, 2.75) is 85.2 Å². The molecule has 2 aliphatic heterocycles. The Morgan fingerprint density at radius 2 is 1.43 bits per heavy atom. The summed E-state index contributed by atoms with van der Waals surface area (Å²) in [5.74, 6) is -1.26. The Morgan fingerprint density at radius 3 is 2.00 bits per heavy atom. The first kappa shape index (κ1) is 53.2. The minimum Gasteiger partial charge on any atom is -0.508 e. The lowest BCUT2D eigenvalue weighted by Crippen LogP contribution is -2.45. The summed E-state index contributed by atoms with van der Waals surface area (Å²) >= 11 is 7.99. The molecule has 1 amide bonds. The number of fused-ring (bicyclic) bond motifs is 3. The van der Waals surface area contributed by atoms with Crippen LogP contribution in [0.4, 0.5) is 13.2 Å². The molecule has 74 heavy (non-hydrogen) atoms. The Labute approximate surface area is 434 Å². The van der Waals surface area contributed by atoms with E-state index in [1.54, 1.807) is 17.4 Å². The molecule has 388 valence electrons. The monoisotopic (exact) mass is 1050 g/mol. The third-order valence-electron chi connectivity index (χ3n) is 13.6. The van der Waals surface area contributed by atoms with Gasteiger partial charge in [-0.2, -0.15) is 18.3 Å². The molecule has 4 aromatic carbocycles. The number of nitrogens with one attached hydrogen (secondary N) is 1. The number of carboxylic acids is 1. The predicted molar refractivity (Wildman–Crippen MR) is 277 cm³/mol. The highest BCUT2D eigenvalue weighted by molar-refractivity contribution is 7.15. The smallest absolute Gasteiger partial charge is 0.490 e. The average molecular weight is 1050 g/mol. The van der Waals surface area contributed by atoms with Crippen LogP contribution in [0.25, 0.3) is 22.1 Å². The molecule has 7 aromatic rings. The first-order valence-electron chi connectivity index (χ1n) is 23.9. The van der Waals surface area contributed by atoms with Crippen molar-refractivity contribution >= 4 is 40.5 Å². The highest BCUT2D eigenvalue weighted by Crippen LogP contribution is 2.41. The van der Waals surface area contributed by atoms with Gasteiger partial charge in [-0.3, -0.25) is 24.2 Å². The van der Waals surface area contributed by atoms with Crippen LogP contribution in [0, 0.1) is 20.8 Å². The van der Waals surface area contributed by atoms with Crippen molar-refractivity contribution < 1.29 is 38.1 Å². The quantitative estimate of drug-likeness (QED) is 0.0909. The number of halogens is 4. The van der Waals surface area contributed by atoms with Crippen molar-refractivity contribution in [2.75, 3.05) is 33.2 Å². The largest absolute Gasteiger partial charge is 0.508 e. The summed E-state index contributed by atoms with van der Waals surface area (Å²) in [6.45, 7) is 17.5. The molecular formula is C53H56ClF3N10O6S. The molecule has 4 N–H and O–H groups in total. The van der Waals surface area contributed by atoms with Crippen LogP contribution in [0.3, 0.4) is 0 Å². The van der Waals surface area contributed by atoms with Gasteiger partial charge in [-0.1, -0.05) is 74.0 Å². The van der Waals surface area contributed by atoms with Gasteiger partial charge in [-0.25, -0.2) is 19.3 Å². The molecule has 2 atom stereocenters. The second-order valence-electron chi connectivity index (χ2n) is 18.8. The summed E-state index contributed by atoms with van der Waals surface area (Å²) in [6, 6.07) is 26.4. The maximum Gasteiger partial charge on any atom is 0.490 e. The van der Waals surface area contributed by atoms with E-state index in [0.717, 1.165) is 83.6 Å². The maximum absolute atomic E-state index is 14.2. The van der Waals surface area contributed by atoms with E-state index in [4.69, 9.17) is 26.5 Å². The number of carbonyl (C=O) groups is 2. The molecule has 0 spiro atoms. The number of piperazine rings is 1. The van der Waals surface area contributed by atoms with Crippen molar-refractivity contribution in [3.05, 3.63) is 156 Å². The molecule has 3 aromatic heterocycles. The normalized spacial score (nSPS) is 15.4. The molecule has 0 radical (unpaired) electrons. The molecule has 0 saturated carbocycles. The number of carboxylic acid groups (broad SMARTS) is 1. The summed E-state index contributed by atoms with van der Waals surface area (Å²) in [5, 5.41) is 45.6. The summed E-state index contributed by atoms with van der Waals surface area (Å²) in [4.78, 5) is 49.2. The van der Waals surface area contributed by atoms with E-state index in [1.165, 1.54) is 21.1 Å². The van der Waals surface area contributed by atoms with Crippen LogP contribution in [0.1, 0.15) is 101 Å². The molecule has 1 fully saturated rings. The maximum atomic E-state index is 14.2. The third kappa shape index (κ3) is 11.3. The number of carbonyl (C=O) groups excluding carboxylic acids is 1. The van der Waals surface area contributed by atoms with Crippen LogP contribution in [-0.4, -0.2) is 117 Å². The van der Waals surface area contributed by atoms with E-state index < -0.39 is 23.9 Å². The second-order valence-corrected chi connectivity index (χ2v) is 20.5. The number of nitrogens with zero attached hydrogens (tertiary/aromatic N) is 9. The van der Waals surface area contributed by atoms with E-state index in [-0.39, 0.29) is 41.6 Å². The van der Waals surface area contributed by atoms with Gasteiger partial charge in [0, 0.05) is 73.4 Å². The Kier molecular flexibility index (Phi) is 15.6. The molecule has 21 heteroatoms. The first-order valence-corrected chi connectivity index (χ1v) is 25.1. The number of amides is 1. The number of aromatic hydroxyl groups is 2. The molecule has 0 bridgehead atoms. The van der Waals surface area contributed by atoms with Gasteiger partial charge in [0.15, 0.2) is 11.6 Å². The number of phenols is 2. The summed E-state index contributed by atoms with van der Waals surface area (Å²) < 4.78 is 35.2. The Morgan fingerprint density at radius 1 is 0.851 bits per heavy atom. The number of benzene rings is 4. The number of rotatable bonds is 12. The van der Waals surface area contributed by atoms with Gasteiger partial charge in [0.25, 0.3) is 0 Å². The number of H-pyrrole nitrogens is 1. The number of thiophene rings is 1. The number of hydrogen-bond acceptors (Lipinski definition) is 12. The third-order valence-corrected chi connectivity index (χ3v) is 15.0. The van der Waals surface area contributed by atoms with E-state index in [1.807, 2.05) is 81.2 Å². The molecular weight excluding hydrogens is 997 g/mol. The van der Waals surface area contributed by atoms with Gasteiger partial charge >= 0.3 is 17.8 Å². The fraction of sp³-hybridized carbons (Fsp3) is 0.340. The summed E-state index contributed by atoms with van der Waals surface area (Å²) in [7, 11) is 1.86. The number of hydrogen-bond donors (Lipinski definition) is 4. The standard InChI is InChI=1S/C51H55ClN10O4S.C2HF3O2/c1-29(2)40-24-41(44(64)26-43(40)63)48-55-57-51(66)62(48)39-18-10-35(11-19-39)28-60-22-20-59(21-23-60)27-34-8-12-36(13-9-34)31(4)58(7)45(65)25-42-49-56-54-33(6)61(49)50-46(30(3)32(5)67-50)47(53-42)37-14-16-38(52)17-15-37;3-2(4,5)1(6)7/h8-19,24,26,29,31,42,63-64H,20-23,25,27-28H2,1-7H3,(H,57,66);(H,6,7)/t31-,42+;/m1./s1. The fourth-order valence-corrected chi connectivity index (χ4v) is 10.4. The lowest BCUT2D eigenvalue weighted by Gasteiger charge is -2.35. The lowest BCUT2D eigenvalue weighted by atomic mass is 9.98. The minimum absolute atomic E-state index is 0.000663. The molecule has 5 heterocycles. The number of aliphatic imine (C=N–C) groups is 1. The number of aromatic amines is 1. The molecule has 0 aliphatic carbocycles. The van der Waals surface area contributed by atoms with Gasteiger partial charge in [-0.15, -0.1) is 21.5 Å². The number of aliphatic carboxylic acids is 1. The highest BCUT2D eigenvalue weighted by Gasteiger charge is 2.38. The average Bonchev–Trinajstić information content (AvgIpc) is 4.00. The van der Waals surface area contributed by atoms with Crippen molar-refractivity contribution in [3.8, 4) is 33.6 Å². The van der Waals surface area contributed by atoms with E-state index in [2.05, 4.69) is 79.8 Å². The molecule has 2 aliphatic rings. The van der Waals surface area contributed by atoms with Gasteiger partial charge in [-0.05, 0) is 91.8 Å². The van der Waals surface area contributed by atoms with Crippen molar-refractivity contribution in [3.63, 3.8) is 0 Å². The van der Waals surface area contributed by atoms with E-state index in [9.17, 15) is 33.0 Å². The van der Waals surface area contributed by atoms with Crippen molar-refractivity contribution in [1.29, 1.82) is 0 Å². The molecule has 1 saturated heterocycles. The zero-order valence-corrected chi connectivity index (χ0v) is 43.3.